The van der Waals surface area contributed by atoms with Crippen LogP contribution in [-0.2, 0) is 4.79 Å². The molecule has 0 bridgehead atoms. The van der Waals surface area contributed by atoms with Crippen LogP contribution in [0.2, 0.25) is 0 Å². The van der Waals surface area contributed by atoms with E-state index in [1.807, 2.05) is 68.4 Å². The second-order valence-corrected chi connectivity index (χ2v) is 7.95. The average molecular weight is 446 g/mol. The first kappa shape index (κ1) is 23.9. The van der Waals surface area contributed by atoms with Crippen LogP contribution < -0.4 is 20.7 Å². The molecule has 172 valence electrons. The van der Waals surface area contributed by atoms with Crippen LogP contribution in [0, 0.1) is 0 Å². The predicted octanol–water partition coefficient (Wildman–Crippen LogP) is 5.41. The molecule has 3 rings (SSSR count). The van der Waals surface area contributed by atoms with E-state index in [0.29, 0.717) is 11.3 Å². The molecule has 0 fully saturated rings. The molecular formula is C27H31N3O3. The van der Waals surface area contributed by atoms with Crippen molar-refractivity contribution in [2.45, 2.75) is 39.3 Å². The van der Waals surface area contributed by atoms with E-state index >= 15 is 0 Å². The van der Waals surface area contributed by atoms with Gasteiger partial charge in [-0.25, -0.2) is 0 Å². The van der Waals surface area contributed by atoms with Gasteiger partial charge in [-0.2, -0.15) is 0 Å². The fraction of sp³-hybridized carbons (Fsp3) is 0.259. The van der Waals surface area contributed by atoms with Crippen LogP contribution >= 0.6 is 0 Å². The van der Waals surface area contributed by atoms with Gasteiger partial charge in [0.05, 0.1) is 18.7 Å². The summed E-state index contributed by atoms with van der Waals surface area (Å²) in [5.41, 5.74) is 3.01. The fourth-order valence-electron chi connectivity index (χ4n) is 3.19. The zero-order valence-corrected chi connectivity index (χ0v) is 19.3. The summed E-state index contributed by atoms with van der Waals surface area (Å²) in [6.45, 7) is 6.15. The van der Waals surface area contributed by atoms with Gasteiger partial charge in [0, 0.05) is 23.0 Å². The Bertz CT molecular complexity index is 1050. The third-order valence-corrected chi connectivity index (χ3v) is 5.28. The Labute approximate surface area is 195 Å². The zero-order chi connectivity index (χ0) is 23.6. The minimum Gasteiger partial charge on any atom is -0.491 e. The highest BCUT2D eigenvalue weighted by atomic mass is 16.5. The van der Waals surface area contributed by atoms with Crippen molar-refractivity contribution in [2.24, 2.45) is 0 Å². The molecule has 0 saturated carbocycles. The minimum atomic E-state index is -0.182. The Morgan fingerprint density at radius 2 is 1.61 bits per heavy atom. The van der Waals surface area contributed by atoms with Crippen molar-refractivity contribution in [1.29, 1.82) is 0 Å². The number of carbonyl (C=O) groups excluding carboxylic acids is 2. The molecule has 3 N–H and O–H groups in total. The van der Waals surface area contributed by atoms with E-state index in [2.05, 4.69) is 22.9 Å². The molecule has 3 aromatic carbocycles. The molecule has 0 aliphatic carbocycles. The number of benzene rings is 3. The summed E-state index contributed by atoms with van der Waals surface area (Å²) in [5, 5.41) is 8.93. The number of hydrogen-bond donors (Lipinski definition) is 3. The first-order valence-corrected chi connectivity index (χ1v) is 11.2. The highest BCUT2D eigenvalue weighted by Gasteiger charge is 2.11. The quantitative estimate of drug-likeness (QED) is 0.390. The van der Waals surface area contributed by atoms with Crippen LogP contribution in [-0.4, -0.2) is 24.5 Å². The summed E-state index contributed by atoms with van der Waals surface area (Å²) < 4.78 is 5.81. The second-order valence-electron chi connectivity index (χ2n) is 7.95. The molecule has 3 aromatic rings. The average Bonchev–Trinajstić information content (AvgIpc) is 2.84. The lowest BCUT2D eigenvalue weighted by atomic mass is 10.1. The lowest BCUT2D eigenvalue weighted by Crippen LogP contribution is -2.26. The van der Waals surface area contributed by atoms with E-state index in [1.165, 1.54) is 0 Å². The number of amides is 2. The van der Waals surface area contributed by atoms with Crippen molar-refractivity contribution < 1.29 is 14.3 Å². The molecule has 0 saturated heterocycles. The zero-order valence-electron chi connectivity index (χ0n) is 19.3. The number of ether oxygens (including phenoxy) is 1. The van der Waals surface area contributed by atoms with Gasteiger partial charge in [-0.3, -0.25) is 9.59 Å². The maximum absolute atomic E-state index is 12.5. The number of anilines is 2. The maximum Gasteiger partial charge on any atom is 0.251 e. The summed E-state index contributed by atoms with van der Waals surface area (Å²) in [6, 6.07) is 24.1. The molecule has 33 heavy (non-hydrogen) atoms. The number of rotatable bonds is 10. The standard InChI is InChI=1S/C27H31N3O3/c1-4-19(2)33-25-12-8-11-24(17-25)28-18-26(31)30-23-15-13-22(14-16-23)27(32)29-20(3)21-9-6-5-7-10-21/h5-17,19-20,28H,4,18H2,1-3H3,(H,29,32)(H,30,31). The summed E-state index contributed by atoms with van der Waals surface area (Å²) in [7, 11) is 0. The molecule has 0 radical (unpaired) electrons. The van der Waals surface area contributed by atoms with E-state index in [1.54, 1.807) is 24.3 Å². The van der Waals surface area contributed by atoms with Gasteiger partial charge in [0.2, 0.25) is 5.91 Å². The summed E-state index contributed by atoms with van der Waals surface area (Å²) in [5.74, 6) is 0.425. The predicted molar refractivity (Wildman–Crippen MR) is 133 cm³/mol. The van der Waals surface area contributed by atoms with E-state index in [-0.39, 0.29) is 30.5 Å². The molecule has 2 unspecified atom stereocenters. The van der Waals surface area contributed by atoms with Gasteiger partial charge in [0.1, 0.15) is 5.75 Å². The van der Waals surface area contributed by atoms with E-state index in [0.717, 1.165) is 23.4 Å². The monoisotopic (exact) mass is 445 g/mol. The molecule has 0 aliphatic heterocycles. The Morgan fingerprint density at radius 3 is 2.30 bits per heavy atom. The number of carbonyl (C=O) groups is 2. The Balaban J connectivity index is 1.49. The number of nitrogens with one attached hydrogen (secondary N) is 3. The maximum atomic E-state index is 12.5. The van der Waals surface area contributed by atoms with Crippen LogP contribution in [0.15, 0.2) is 78.9 Å². The largest absolute Gasteiger partial charge is 0.491 e. The Morgan fingerprint density at radius 1 is 0.879 bits per heavy atom. The van der Waals surface area contributed by atoms with Crippen molar-refractivity contribution in [3.05, 3.63) is 90.0 Å². The third kappa shape index (κ3) is 7.38. The molecule has 6 heteroatoms. The lowest BCUT2D eigenvalue weighted by Gasteiger charge is -2.15. The Kier molecular flexibility index (Phi) is 8.47. The van der Waals surface area contributed by atoms with Gasteiger partial charge in [0.15, 0.2) is 0 Å². The van der Waals surface area contributed by atoms with Crippen LogP contribution in [0.3, 0.4) is 0 Å². The molecule has 0 aromatic heterocycles. The van der Waals surface area contributed by atoms with Crippen molar-refractivity contribution in [3.63, 3.8) is 0 Å². The van der Waals surface area contributed by atoms with Gasteiger partial charge in [-0.1, -0.05) is 43.3 Å². The van der Waals surface area contributed by atoms with Gasteiger partial charge < -0.3 is 20.7 Å². The number of hydrogen-bond acceptors (Lipinski definition) is 4. The third-order valence-electron chi connectivity index (χ3n) is 5.28. The topological polar surface area (TPSA) is 79.5 Å². The summed E-state index contributed by atoms with van der Waals surface area (Å²) >= 11 is 0. The normalized spacial score (nSPS) is 12.3. The van der Waals surface area contributed by atoms with Gasteiger partial charge in [-0.05, 0) is 62.2 Å². The molecule has 0 heterocycles. The van der Waals surface area contributed by atoms with Crippen molar-refractivity contribution in [1.82, 2.24) is 5.32 Å². The van der Waals surface area contributed by atoms with Crippen LogP contribution in [0.5, 0.6) is 5.75 Å². The van der Waals surface area contributed by atoms with Gasteiger partial charge in [-0.15, -0.1) is 0 Å². The van der Waals surface area contributed by atoms with Gasteiger partial charge in [0.25, 0.3) is 5.91 Å². The lowest BCUT2D eigenvalue weighted by molar-refractivity contribution is -0.114. The van der Waals surface area contributed by atoms with Crippen LogP contribution in [0.25, 0.3) is 0 Å². The summed E-state index contributed by atoms with van der Waals surface area (Å²) in [6.07, 6.45) is 1.06. The highest BCUT2D eigenvalue weighted by Crippen LogP contribution is 2.19. The first-order chi connectivity index (χ1) is 15.9. The second kappa shape index (κ2) is 11.7. The molecule has 2 atom stereocenters. The molecule has 6 nitrogen and oxygen atoms in total. The molecule has 0 aliphatic rings. The van der Waals surface area contributed by atoms with Gasteiger partial charge >= 0.3 is 0 Å². The molecular weight excluding hydrogens is 414 g/mol. The van der Waals surface area contributed by atoms with Crippen LogP contribution in [0.4, 0.5) is 11.4 Å². The van der Waals surface area contributed by atoms with Crippen molar-refractivity contribution in [3.8, 4) is 5.75 Å². The summed E-state index contributed by atoms with van der Waals surface area (Å²) in [4.78, 5) is 24.8. The minimum absolute atomic E-state index is 0.0989. The highest BCUT2D eigenvalue weighted by molar-refractivity contribution is 5.96. The van der Waals surface area contributed by atoms with E-state index in [9.17, 15) is 9.59 Å². The fourth-order valence-corrected chi connectivity index (χ4v) is 3.19. The van der Waals surface area contributed by atoms with Crippen LogP contribution in [0.1, 0.15) is 49.2 Å². The smallest absolute Gasteiger partial charge is 0.251 e. The van der Waals surface area contributed by atoms with E-state index in [4.69, 9.17) is 4.74 Å². The SMILES string of the molecule is CCC(C)Oc1cccc(NCC(=O)Nc2ccc(C(=O)NC(C)c3ccccc3)cc2)c1. The van der Waals surface area contributed by atoms with Crippen molar-refractivity contribution >= 4 is 23.2 Å². The first-order valence-electron chi connectivity index (χ1n) is 11.2. The molecule has 2 amide bonds. The molecule has 0 spiro atoms. The van der Waals surface area contributed by atoms with Crippen molar-refractivity contribution in [2.75, 3.05) is 17.2 Å². The van der Waals surface area contributed by atoms with E-state index < -0.39 is 0 Å². The Hall–Kier alpha value is -3.80.